The Kier molecular flexibility index (Phi) is 3.21. The molecule has 2 N–H and O–H groups in total. The Balaban J connectivity index is 2.22. The fourth-order valence-corrected chi connectivity index (χ4v) is 2.30. The summed E-state index contributed by atoms with van der Waals surface area (Å²) in [5.74, 6) is 0. The highest BCUT2D eigenvalue weighted by molar-refractivity contribution is 5.64. The number of nitrogens with zero attached hydrogens (tertiary/aromatic N) is 3. The number of nitrogens with two attached hydrogens (primary N) is 1. The Bertz CT molecular complexity index is 447. The zero-order valence-electron chi connectivity index (χ0n) is 10.3. The summed E-state index contributed by atoms with van der Waals surface area (Å²) in [5.41, 5.74) is 8.02. The van der Waals surface area contributed by atoms with Gasteiger partial charge in [-0.3, -0.25) is 0 Å². The van der Waals surface area contributed by atoms with Crippen molar-refractivity contribution in [3.05, 3.63) is 23.8 Å². The molecule has 1 atom stereocenters. The van der Waals surface area contributed by atoms with Gasteiger partial charge in [-0.2, -0.15) is 5.26 Å². The smallest absolute Gasteiger partial charge is 0.101 e. The first-order chi connectivity index (χ1) is 8.11. The van der Waals surface area contributed by atoms with E-state index in [1.807, 2.05) is 12.1 Å². The third-order valence-corrected chi connectivity index (χ3v) is 3.38. The van der Waals surface area contributed by atoms with Gasteiger partial charge in [0.15, 0.2) is 0 Å². The Morgan fingerprint density at radius 2 is 2.24 bits per heavy atom. The van der Waals surface area contributed by atoms with Crippen LogP contribution in [0.25, 0.3) is 0 Å². The second-order valence-electron chi connectivity index (χ2n) is 4.74. The van der Waals surface area contributed by atoms with Crippen LogP contribution in [-0.4, -0.2) is 38.1 Å². The number of hydrogen-bond acceptors (Lipinski definition) is 4. The highest BCUT2D eigenvalue weighted by Gasteiger charge is 2.25. The molecule has 17 heavy (non-hydrogen) atoms. The maximum absolute atomic E-state index is 9.14. The first-order valence-corrected chi connectivity index (χ1v) is 5.83. The van der Waals surface area contributed by atoms with Crippen molar-refractivity contribution >= 4 is 11.4 Å². The van der Waals surface area contributed by atoms with Gasteiger partial charge in [0.1, 0.15) is 6.07 Å². The minimum atomic E-state index is 0.569. The standard InChI is InChI=1S/C13H18N4/c1-16(2)12-5-6-17(9-12)13-4-3-11(15)7-10(13)8-14/h3-4,7,12H,5-6,9,15H2,1-2H3. The van der Waals surface area contributed by atoms with Crippen LogP contribution in [0.2, 0.25) is 0 Å². The summed E-state index contributed by atoms with van der Waals surface area (Å²) < 4.78 is 0. The minimum absolute atomic E-state index is 0.569. The molecule has 1 heterocycles. The summed E-state index contributed by atoms with van der Waals surface area (Å²) >= 11 is 0. The maximum Gasteiger partial charge on any atom is 0.101 e. The largest absolute Gasteiger partial charge is 0.399 e. The molecule has 0 aromatic heterocycles. The van der Waals surface area contributed by atoms with Crippen LogP contribution in [0.3, 0.4) is 0 Å². The van der Waals surface area contributed by atoms with Crippen LogP contribution < -0.4 is 10.6 Å². The molecule has 0 radical (unpaired) electrons. The summed E-state index contributed by atoms with van der Waals surface area (Å²) in [6.07, 6.45) is 1.14. The Labute approximate surface area is 102 Å². The molecule has 0 aliphatic carbocycles. The lowest BCUT2D eigenvalue weighted by molar-refractivity contribution is 0.315. The molecule has 0 spiro atoms. The Hall–Kier alpha value is -1.73. The van der Waals surface area contributed by atoms with Crippen LogP contribution in [0.5, 0.6) is 0 Å². The summed E-state index contributed by atoms with van der Waals surface area (Å²) in [6, 6.07) is 8.35. The topological polar surface area (TPSA) is 56.3 Å². The van der Waals surface area contributed by atoms with Gasteiger partial charge in [-0.05, 0) is 38.7 Å². The van der Waals surface area contributed by atoms with Gasteiger partial charge in [-0.1, -0.05) is 0 Å². The van der Waals surface area contributed by atoms with E-state index in [0.717, 1.165) is 25.2 Å². The fraction of sp³-hybridized carbons (Fsp3) is 0.462. The molecule has 0 bridgehead atoms. The average Bonchev–Trinajstić information content (AvgIpc) is 2.78. The highest BCUT2D eigenvalue weighted by atomic mass is 15.2. The number of anilines is 2. The van der Waals surface area contributed by atoms with Crippen LogP contribution in [-0.2, 0) is 0 Å². The van der Waals surface area contributed by atoms with Crippen molar-refractivity contribution < 1.29 is 0 Å². The second-order valence-corrected chi connectivity index (χ2v) is 4.74. The molecule has 1 saturated heterocycles. The lowest BCUT2D eigenvalue weighted by atomic mass is 10.1. The SMILES string of the molecule is CN(C)C1CCN(c2ccc(N)cc2C#N)C1. The molecule has 1 fully saturated rings. The van der Waals surface area contributed by atoms with Crippen LogP contribution in [0.15, 0.2) is 18.2 Å². The van der Waals surface area contributed by atoms with E-state index < -0.39 is 0 Å². The summed E-state index contributed by atoms with van der Waals surface area (Å²) in [5, 5.41) is 9.14. The first kappa shape index (κ1) is 11.7. The molecular formula is C13H18N4. The average molecular weight is 230 g/mol. The summed E-state index contributed by atoms with van der Waals surface area (Å²) in [6.45, 7) is 1.98. The van der Waals surface area contributed by atoms with Crippen LogP contribution >= 0.6 is 0 Å². The first-order valence-electron chi connectivity index (χ1n) is 5.83. The van der Waals surface area contributed by atoms with Crippen molar-refractivity contribution in [1.29, 1.82) is 5.26 Å². The van der Waals surface area contributed by atoms with Gasteiger partial charge in [-0.25, -0.2) is 0 Å². The molecule has 1 unspecified atom stereocenters. The molecule has 0 amide bonds. The van der Waals surface area contributed by atoms with Crippen molar-refractivity contribution in [3.63, 3.8) is 0 Å². The molecular weight excluding hydrogens is 212 g/mol. The molecule has 90 valence electrons. The van der Waals surface area contributed by atoms with Crippen molar-refractivity contribution in [2.24, 2.45) is 0 Å². The normalized spacial score (nSPS) is 19.6. The number of rotatable bonds is 2. The van der Waals surface area contributed by atoms with E-state index in [9.17, 15) is 0 Å². The van der Waals surface area contributed by atoms with Gasteiger partial charge >= 0.3 is 0 Å². The molecule has 1 aliphatic rings. The van der Waals surface area contributed by atoms with E-state index in [0.29, 0.717) is 17.3 Å². The maximum atomic E-state index is 9.14. The monoisotopic (exact) mass is 230 g/mol. The number of nitriles is 1. The lowest BCUT2D eigenvalue weighted by Crippen LogP contribution is -2.31. The Morgan fingerprint density at radius 1 is 1.47 bits per heavy atom. The quantitative estimate of drug-likeness (QED) is 0.778. The van der Waals surface area contributed by atoms with E-state index in [1.54, 1.807) is 6.07 Å². The van der Waals surface area contributed by atoms with Crippen molar-refractivity contribution in [1.82, 2.24) is 4.90 Å². The van der Waals surface area contributed by atoms with Gasteiger partial charge in [0.05, 0.1) is 11.3 Å². The van der Waals surface area contributed by atoms with E-state index in [2.05, 4.69) is 30.0 Å². The zero-order valence-corrected chi connectivity index (χ0v) is 10.3. The predicted molar refractivity (Wildman–Crippen MR) is 69.9 cm³/mol. The number of likely N-dealkylation sites (N-methyl/N-ethyl adjacent to an activating group) is 1. The predicted octanol–water partition coefficient (Wildman–Crippen LogP) is 1.28. The molecule has 2 rings (SSSR count). The third-order valence-electron chi connectivity index (χ3n) is 3.38. The summed E-state index contributed by atoms with van der Waals surface area (Å²) in [7, 11) is 4.20. The van der Waals surface area contributed by atoms with E-state index in [1.165, 1.54) is 0 Å². The van der Waals surface area contributed by atoms with Crippen LogP contribution in [0, 0.1) is 11.3 Å². The van der Waals surface area contributed by atoms with Crippen molar-refractivity contribution in [3.8, 4) is 6.07 Å². The van der Waals surface area contributed by atoms with E-state index in [4.69, 9.17) is 11.0 Å². The number of benzene rings is 1. The zero-order chi connectivity index (χ0) is 12.4. The van der Waals surface area contributed by atoms with Gasteiger partial charge in [-0.15, -0.1) is 0 Å². The number of nitrogen functional groups attached to an aromatic ring is 1. The van der Waals surface area contributed by atoms with Crippen molar-refractivity contribution in [2.75, 3.05) is 37.8 Å². The molecule has 1 aromatic rings. The molecule has 1 aromatic carbocycles. The minimum Gasteiger partial charge on any atom is -0.399 e. The van der Waals surface area contributed by atoms with Gasteiger partial charge in [0.2, 0.25) is 0 Å². The van der Waals surface area contributed by atoms with E-state index >= 15 is 0 Å². The van der Waals surface area contributed by atoms with E-state index in [-0.39, 0.29) is 0 Å². The molecule has 0 saturated carbocycles. The third kappa shape index (κ3) is 2.34. The summed E-state index contributed by atoms with van der Waals surface area (Å²) in [4.78, 5) is 4.51. The highest BCUT2D eigenvalue weighted by Crippen LogP contribution is 2.27. The van der Waals surface area contributed by atoms with Crippen LogP contribution in [0.4, 0.5) is 11.4 Å². The Morgan fingerprint density at radius 3 is 2.82 bits per heavy atom. The van der Waals surface area contributed by atoms with Gasteiger partial charge in [0.25, 0.3) is 0 Å². The van der Waals surface area contributed by atoms with Gasteiger partial charge in [0, 0.05) is 24.8 Å². The van der Waals surface area contributed by atoms with Crippen LogP contribution in [0.1, 0.15) is 12.0 Å². The molecule has 1 aliphatic heterocycles. The van der Waals surface area contributed by atoms with Gasteiger partial charge < -0.3 is 15.5 Å². The fourth-order valence-electron chi connectivity index (χ4n) is 2.30. The lowest BCUT2D eigenvalue weighted by Gasteiger charge is -2.22. The number of hydrogen-bond donors (Lipinski definition) is 1. The second kappa shape index (κ2) is 4.64. The van der Waals surface area contributed by atoms with Crippen molar-refractivity contribution in [2.45, 2.75) is 12.5 Å². The molecule has 4 heteroatoms. The molecule has 4 nitrogen and oxygen atoms in total.